The van der Waals surface area contributed by atoms with Crippen LogP contribution in [0.25, 0.3) is 0 Å². The highest BCUT2D eigenvalue weighted by Crippen LogP contribution is 2.21. The maximum absolute atomic E-state index is 11.5. The highest BCUT2D eigenvalue weighted by Gasteiger charge is 2.14. The summed E-state index contributed by atoms with van der Waals surface area (Å²) in [6.07, 6.45) is -1.57. The van der Waals surface area contributed by atoms with Crippen LogP contribution in [0.4, 0.5) is 0 Å². The van der Waals surface area contributed by atoms with Crippen LogP contribution in [0.15, 0.2) is 6.07 Å². The molecule has 1 amide bonds. The first-order chi connectivity index (χ1) is 7.91. The lowest BCUT2D eigenvalue weighted by molar-refractivity contribution is -0.146. The monoisotopic (exact) mass is 280 g/mol. The number of amides is 1. The summed E-state index contributed by atoms with van der Waals surface area (Å²) >= 11 is 11.3. The quantitative estimate of drug-likeness (QED) is 0.643. The summed E-state index contributed by atoms with van der Waals surface area (Å²) in [7, 11) is 0. The number of aliphatic hydroxyl groups excluding tert-OH is 1. The maximum Gasteiger partial charge on any atom is 0.332 e. The standard InChI is InChI=1S/C9H10Cl2N2O4/c10-4-3-5(13-7(4)11)8(15)12-2-1-6(14)9(16)17/h3,6,13-14H,1-2H2,(H,12,15)(H,16,17)/t6-/m0/s1. The smallest absolute Gasteiger partial charge is 0.332 e. The van der Waals surface area contributed by atoms with Crippen LogP contribution in [-0.2, 0) is 4.79 Å². The van der Waals surface area contributed by atoms with Crippen LogP contribution in [0.5, 0.6) is 0 Å². The molecule has 94 valence electrons. The molecule has 0 radical (unpaired) electrons. The van der Waals surface area contributed by atoms with Gasteiger partial charge in [0.05, 0.1) is 5.02 Å². The molecule has 0 aliphatic heterocycles. The number of carbonyl (C=O) groups is 2. The van der Waals surface area contributed by atoms with Gasteiger partial charge < -0.3 is 20.5 Å². The van der Waals surface area contributed by atoms with E-state index in [0.29, 0.717) is 0 Å². The molecule has 0 bridgehead atoms. The predicted molar refractivity (Wildman–Crippen MR) is 61.4 cm³/mol. The molecule has 0 spiro atoms. The number of aromatic amines is 1. The molecule has 1 atom stereocenters. The number of aliphatic carboxylic acids is 1. The topological polar surface area (TPSA) is 102 Å². The van der Waals surface area contributed by atoms with Crippen LogP contribution in [0.2, 0.25) is 10.2 Å². The third-order valence-corrected chi connectivity index (χ3v) is 2.65. The van der Waals surface area contributed by atoms with Gasteiger partial charge in [-0.05, 0) is 6.07 Å². The number of hydrogen-bond acceptors (Lipinski definition) is 3. The van der Waals surface area contributed by atoms with E-state index in [1.165, 1.54) is 6.07 Å². The second-order valence-electron chi connectivity index (χ2n) is 3.24. The lowest BCUT2D eigenvalue weighted by atomic mass is 10.2. The van der Waals surface area contributed by atoms with Crippen LogP contribution in [0, 0.1) is 0 Å². The minimum Gasteiger partial charge on any atom is -0.479 e. The Morgan fingerprint density at radius 1 is 1.47 bits per heavy atom. The summed E-state index contributed by atoms with van der Waals surface area (Å²) in [6, 6.07) is 1.35. The Kier molecular flexibility index (Phi) is 4.80. The Morgan fingerprint density at radius 2 is 2.12 bits per heavy atom. The SMILES string of the molecule is O=C(NCC[C@H](O)C(=O)O)c1cc(Cl)c(Cl)[nH]1. The van der Waals surface area contributed by atoms with Crippen molar-refractivity contribution in [2.75, 3.05) is 6.54 Å². The van der Waals surface area contributed by atoms with Crippen molar-refractivity contribution in [2.45, 2.75) is 12.5 Å². The van der Waals surface area contributed by atoms with E-state index < -0.39 is 18.0 Å². The number of carbonyl (C=O) groups excluding carboxylic acids is 1. The second-order valence-corrected chi connectivity index (χ2v) is 4.03. The van der Waals surface area contributed by atoms with E-state index >= 15 is 0 Å². The van der Waals surface area contributed by atoms with Gasteiger partial charge in [-0.1, -0.05) is 23.2 Å². The zero-order chi connectivity index (χ0) is 13.0. The highest BCUT2D eigenvalue weighted by molar-refractivity contribution is 6.41. The van der Waals surface area contributed by atoms with Crippen molar-refractivity contribution in [2.24, 2.45) is 0 Å². The van der Waals surface area contributed by atoms with E-state index in [4.69, 9.17) is 33.4 Å². The number of nitrogens with one attached hydrogen (secondary N) is 2. The van der Waals surface area contributed by atoms with Gasteiger partial charge in [-0.25, -0.2) is 4.79 Å². The number of aromatic nitrogens is 1. The number of carboxylic acids is 1. The van der Waals surface area contributed by atoms with E-state index in [-0.39, 0.29) is 28.8 Å². The largest absolute Gasteiger partial charge is 0.479 e. The molecule has 0 aliphatic rings. The number of carboxylic acid groups (broad SMARTS) is 1. The van der Waals surface area contributed by atoms with Crippen molar-refractivity contribution in [1.29, 1.82) is 0 Å². The highest BCUT2D eigenvalue weighted by atomic mass is 35.5. The number of H-pyrrole nitrogens is 1. The van der Waals surface area contributed by atoms with Gasteiger partial charge in [0.25, 0.3) is 5.91 Å². The van der Waals surface area contributed by atoms with Crippen LogP contribution in [0.3, 0.4) is 0 Å². The molecule has 1 aromatic rings. The van der Waals surface area contributed by atoms with E-state index in [0.717, 1.165) is 0 Å². The van der Waals surface area contributed by atoms with Gasteiger partial charge >= 0.3 is 5.97 Å². The van der Waals surface area contributed by atoms with E-state index in [2.05, 4.69) is 10.3 Å². The van der Waals surface area contributed by atoms with Gasteiger partial charge in [-0.15, -0.1) is 0 Å². The number of aliphatic hydroxyl groups is 1. The Balaban J connectivity index is 2.43. The summed E-state index contributed by atoms with van der Waals surface area (Å²) in [4.78, 5) is 24.3. The van der Waals surface area contributed by atoms with Crippen molar-refractivity contribution in [3.63, 3.8) is 0 Å². The van der Waals surface area contributed by atoms with Crippen LogP contribution in [-0.4, -0.2) is 39.7 Å². The molecular weight excluding hydrogens is 271 g/mol. The number of rotatable bonds is 5. The molecule has 1 rings (SSSR count). The lowest BCUT2D eigenvalue weighted by Crippen LogP contribution is -2.30. The van der Waals surface area contributed by atoms with Gasteiger partial charge in [0.15, 0.2) is 6.10 Å². The van der Waals surface area contributed by atoms with Crippen molar-refractivity contribution in [3.05, 3.63) is 21.9 Å². The minimum atomic E-state index is -1.49. The predicted octanol–water partition coefficient (Wildman–Crippen LogP) is 0.887. The summed E-state index contributed by atoms with van der Waals surface area (Å²) < 4.78 is 0. The Labute approximate surface area is 107 Å². The van der Waals surface area contributed by atoms with E-state index in [9.17, 15) is 9.59 Å². The number of halogens is 2. The summed E-state index contributed by atoms with van der Waals surface area (Å²) in [6.45, 7) is 0.0283. The molecule has 0 aliphatic carbocycles. The zero-order valence-electron chi connectivity index (χ0n) is 8.54. The molecule has 0 unspecified atom stereocenters. The van der Waals surface area contributed by atoms with Gasteiger partial charge in [-0.2, -0.15) is 0 Å². The average Bonchev–Trinajstić information content (AvgIpc) is 2.59. The van der Waals surface area contributed by atoms with Crippen molar-refractivity contribution in [3.8, 4) is 0 Å². The summed E-state index contributed by atoms with van der Waals surface area (Å²) in [5.41, 5.74) is 0.171. The molecular formula is C9H10Cl2N2O4. The molecule has 0 aromatic carbocycles. The van der Waals surface area contributed by atoms with Crippen LogP contribution < -0.4 is 5.32 Å². The van der Waals surface area contributed by atoms with E-state index in [1.54, 1.807) is 0 Å². The van der Waals surface area contributed by atoms with Gasteiger partial charge in [-0.3, -0.25) is 4.79 Å². The van der Waals surface area contributed by atoms with Crippen molar-refractivity contribution < 1.29 is 19.8 Å². The molecule has 1 heterocycles. The third kappa shape index (κ3) is 3.92. The van der Waals surface area contributed by atoms with E-state index in [1.807, 2.05) is 0 Å². The van der Waals surface area contributed by atoms with Crippen molar-refractivity contribution >= 4 is 35.1 Å². The first-order valence-electron chi connectivity index (χ1n) is 4.65. The molecule has 4 N–H and O–H groups in total. The maximum atomic E-state index is 11.5. The fourth-order valence-electron chi connectivity index (χ4n) is 1.07. The second kappa shape index (κ2) is 5.90. The minimum absolute atomic E-state index is 0.0283. The Morgan fingerprint density at radius 3 is 2.59 bits per heavy atom. The molecule has 6 nitrogen and oxygen atoms in total. The normalized spacial score (nSPS) is 12.2. The first kappa shape index (κ1) is 13.8. The molecule has 8 heteroatoms. The van der Waals surface area contributed by atoms with Crippen molar-refractivity contribution in [1.82, 2.24) is 10.3 Å². The fourth-order valence-corrected chi connectivity index (χ4v) is 1.38. The van der Waals surface area contributed by atoms with Crippen LogP contribution in [0.1, 0.15) is 16.9 Å². The van der Waals surface area contributed by atoms with Gasteiger partial charge in [0, 0.05) is 13.0 Å². The lowest BCUT2D eigenvalue weighted by Gasteiger charge is -2.06. The molecule has 0 saturated heterocycles. The van der Waals surface area contributed by atoms with Gasteiger partial charge in [0.2, 0.25) is 0 Å². The average molecular weight is 281 g/mol. The summed E-state index contributed by atoms with van der Waals surface area (Å²) in [5.74, 6) is -1.80. The van der Waals surface area contributed by atoms with Crippen LogP contribution >= 0.6 is 23.2 Å². The fraction of sp³-hybridized carbons (Fsp3) is 0.333. The third-order valence-electron chi connectivity index (χ3n) is 1.96. The number of hydrogen-bond donors (Lipinski definition) is 4. The summed E-state index contributed by atoms with van der Waals surface area (Å²) in [5, 5.41) is 20.2. The first-order valence-corrected chi connectivity index (χ1v) is 5.40. The zero-order valence-corrected chi connectivity index (χ0v) is 10.0. The molecule has 0 fully saturated rings. The Hall–Kier alpha value is -1.24. The molecule has 1 aromatic heterocycles. The molecule has 17 heavy (non-hydrogen) atoms. The Bertz CT molecular complexity index is 413. The molecule has 0 saturated carbocycles. The van der Waals surface area contributed by atoms with Gasteiger partial charge in [0.1, 0.15) is 10.8 Å².